The second-order valence-corrected chi connectivity index (χ2v) is 5.17. The van der Waals surface area contributed by atoms with Gasteiger partial charge in [-0.3, -0.25) is 9.78 Å². The minimum Gasteiger partial charge on any atom is -0.419 e. The molecule has 1 N–H and O–H groups in total. The number of carbonyl (C=O) groups is 1. The third-order valence-electron chi connectivity index (χ3n) is 3.10. The van der Waals surface area contributed by atoms with Gasteiger partial charge >= 0.3 is 0 Å². The van der Waals surface area contributed by atoms with Gasteiger partial charge in [-0.25, -0.2) is 0 Å². The summed E-state index contributed by atoms with van der Waals surface area (Å²) < 4.78 is 5.44. The van der Waals surface area contributed by atoms with E-state index in [1.807, 2.05) is 24.3 Å². The van der Waals surface area contributed by atoms with Gasteiger partial charge in [0, 0.05) is 17.8 Å². The molecule has 1 amide bonds. The number of rotatable bonds is 5. The van der Waals surface area contributed by atoms with Gasteiger partial charge in [-0.15, -0.1) is 10.2 Å². The average molecular weight is 329 g/mol. The lowest BCUT2D eigenvalue weighted by molar-refractivity contribution is -0.120. The second kappa shape index (κ2) is 7.02. The zero-order valence-corrected chi connectivity index (χ0v) is 12.8. The first-order valence-corrected chi connectivity index (χ1v) is 7.34. The SMILES string of the molecule is O=C(Cc1nnc(-c2ccccn2)o1)NCc1ccccc1Cl. The molecule has 116 valence electrons. The van der Waals surface area contributed by atoms with E-state index in [2.05, 4.69) is 20.5 Å². The van der Waals surface area contributed by atoms with E-state index in [-0.39, 0.29) is 18.2 Å². The van der Waals surface area contributed by atoms with E-state index in [0.29, 0.717) is 23.2 Å². The van der Waals surface area contributed by atoms with Crippen LogP contribution in [-0.4, -0.2) is 21.1 Å². The predicted molar refractivity (Wildman–Crippen MR) is 84.5 cm³/mol. The maximum Gasteiger partial charge on any atom is 0.266 e. The van der Waals surface area contributed by atoms with Crippen LogP contribution >= 0.6 is 11.6 Å². The van der Waals surface area contributed by atoms with Crippen LogP contribution in [0.4, 0.5) is 0 Å². The molecule has 0 aliphatic carbocycles. The number of carbonyl (C=O) groups excluding carboxylic acids is 1. The minimum atomic E-state index is -0.221. The Hall–Kier alpha value is -2.73. The molecule has 3 aromatic rings. The van der Waals surface area contributed by atoms with Crippen LogP contribution in [0, 0.1) is 0 Å². The molecule has 2 heterocycles. The standard InChI is InChI=1S/C16H13ClN4O2/c17-12-6-2-1-5-11(12)10-19-14(22)9-15-20-21-16(23-15)13-7-3-4-8-18-13/h1-8H,9-10H2,(H,19,22). The fourth-order valence-corrected chi connectivity index (χ4v) is 2.16. The van der Waals surface area contributed by atoms with Crippen molar-refractivity contribution < 1.29 is 9.21 Å². The van der Waals surface area contributed by atoms with Gasteiger partial charge in [0.05, 0.1) is 0 Å². The average Bonchev–Trinajstić information content (AvgIpc) is 3.03. The van der Waals surface area contributed by atoms with Gasteiger partial charge in [0.15, 0.2) is 0 Å². The lowest BCUT2D eigenvalue weighted by Gasteiger charge is -2.05. The Morgan fingerprint density at radius 1 is 1.13 bits per heavy atom. The quantitative estimate of drug-likeness (QED) is 0.778. The number of hydrogen-bond acceptors (Lipinski definition) is 5. The summed E-state index contributed by atoms with van der Waals surface area (Å²) in [4.78, 5) is 16.1. The first-order chi connectivity index (χ1) is 11.2. The monoisotopic (exact) mass is 328 g/mol. The van der Waals surface area contributed by atoms with Crippen molar-refractivity contribution in [3.63, 3.8) is 0 Å². The van der Waals surface area contributed by atoms with Gasteiger partial charge in [0.2, 0.25) is 11.8 Å². The number of benzene rings is 1. The highest BCUT2D eigenvalue weighted by atomic mass is 35.5. The van der Waals surface area contributed by atoms with Crippen LogP contribution in [0.1, 0.15) is 11.5 Å². The number of nitrogens with zero attached hydrogens (tertiary/aromatic N) is 3. The molecular formula is C16H13ClN4O2. The van der Waals surface area contributed by atoms with Crippen molar-refractivity contribution in [1.29, 1.82) is 0 Å². The Balaban J connectivity index is 1.58. The molecule has 0 fully saturated rings. The number of pyridine rings is 1. The van der Waals surface area contributed by atoms with E-state index in [1.54, 1.807) is 24.4 Å². The summed E-state index contributed by atoms with van der Waals surface area (Å²) in [6, 6.07) is 12.7. The van der Waals surface area contributed by atoms with Gasteiger partial charge in [0.1, 0.15) is 12.1 Å². The molecule has 6 nitrogen and oxygen atoms in total. The Labute approximate surface area is 137 Å². The number of hydrogen-bond donors (Lipinski definition) is 1. The molecule has 0 aliphatic heterocycles. The van der Waals surface area contributed by atoms with Crippen molar-refractivity contribution in [3.8, 4) is 11.6 Å². The first-order valence-electron chi connectivity index (χ1n) is 6.96. The summed E-state index contributed by atoms with van der Waals surface area (Å²) in [5.41, 5.74) is 1.42. The smallest absolute Gasteiger partial charge is 0.266 e. The summed E-state index contributed by atoms with van der Waals surface area (Å²) in [5, 5.41) is 11.1. The van der Waals surface area contributed by atoms with Crippen LogP contribution in [0.3, 0.4) is 0 Å². The van der Waals surface area contributed by atoms with Crippen molar-refractivity contribution in [2.45, 2.75) is 13.0 Å². The van der Waals surface area contributed by atoms with Crippen molar-refractivity contribution >= 4 is 17.5 Å². The lowest BCUT2D eigenvalue weighted by Crippen LogP contribution is -2.24. The summed E-state index contributed by atoms with van der Waals surface area (Å²) in [6.45, 7) is 0.347. The first kappa shape index (κ1) is 15.2. The summed E-state index contributed by atoms with van der Waals surface area (Å²) in [6.07, 6.45) is 1.64. The van der Waals surface area contributed by atoms with Crippen LogP contribution in [0.5, 0.6) is 0 Å². The molecule has 0 saturated carbocycles. The molecule has 0 spiro atoms. The van der Waals surface area contributed by atoms with E-state index in [4.69, 9.17) is 16.0 Å². The van der Waals surface area contributed by atoms with Crippen LogP contribution in [0.2, 0.25) is 5.02 Å². The fraction of sp³-hybridized carbons (Fsp3) is 0.125. The zero-order chi connectivity index (χ0) is 16.1. The fourth-order valence-electron chi connectivity index (χ4n) is 1.95. The predicted octanol–water partition coefficient (Wildman–Crippen LogP) is 2.64. The van der Waals surface area contributed by atoms with Gasteiger partial charge in [-0.05, 0) is 23.8 Å². The molecule has 0 aliphatic rings. The maximum atomic E-state index is 11.9. The van der Waals surface area contributed by atoms with E-state index in [1.165, 1.54) is 0 Å². The molecular weight excluding hydrogens is 316 g/mol. The Morgan fingerprint density at radius 3 is 2.74 bits per heavy atom. The third kappa shape index (κ3) is 3.92. The van der Waals surface area contributed by atoms with Crippen LogP contribution in [0.25, 0.3) is 11.6 Å². The normalized spacial score (nSPS) is 10.5. The summed E-state index contributed by atoms with van der Waals surface area (Å²) in [7, 11) is 0. The number of amides is 1. The Morgan fingerprint density at radius 2 is 1.96 bits per heavy atom. The largest absolute Gasteiger partial charge is 0.419 e. The molecule has 0 bridgehead atoms. The molecule has 23 heavy (non-hydrogen) atoms. The van der Waals surface area contributed by atoms with Crippen LogP contribution in [-0.2, 0) is 17.8 Å². The minimum absolute atomic E-state index is 0.00425. The van der Waals surface area contributed by atoms with Crippen molar-refractivity contribution in [1.82, 2.24) is 20.5 Å². The topological polar surface area (TPSA) is 80.9 Å². The van der Waals surface area contributed by atoms with Gasteiger partial charge < -0.3 is 9.73 Å². The molecule has 3 rings (SSSR count). The van der Waals surface area contributed by atoms with Crippen molar-refractivity contribution in [2.75, 3.05) is 0 Å². The van der Waals surface area contributed by atoms with E-state index in [9.17, 15) is 4.79 Å². The highest BCUT2D eigenvalue weighted by Gasteiger charge is 2.13. The van der Waals surface area contributed by atoms with E-state index >= 15 is 0 Å². The zero-order valence-electron chi connectivity index (χ0n) is 12.1. The van der Waals surface area contributed by atoms with Crippen molar-refractivity contribution in [2.24, 2.45) is 0 Å². The van der Waals surface area contributed by atoms with Crippen LogP contribution in [0.15, 0.2) is 53.1 Å². The molecule has 2 aromatic heterocycles. The maximum absolute atomic E-state index is 11.9. The number of aromatic nitrogens is 3. The highest BCUT2D eigenvalue weighted by Crippen LogP contribution is 2.15. The second-order valence-electron chi connectivity index (χ2n) is 4.76. The molecule has 0 saturated heterocycles. The molecule has 0 radical (unpaired) electrons. The molecule has 0 atom stereocenters. The van der Waals surface area contributed by atoms with E-state index < -0.39 is 0 Å². The van der Waals surface area contributed by atoms with Crippen molar-refractivity contribution in [3.05, 3.63) is 65.1 Å². The number of nitrogens with one attached hydrogen (secondary N) is 1. The van der Waals surface area contributed by atoms with Gasteiger partial charge in [-0.2, -0.15) is 0 Å². The van der Waals surface area contributed by atoms with E-state index in [0.717, 1.165) is 5.56 Å². The molecule has 7 heteroatoms. The summed E-state index contributed by atoms with van der Waals surface area (Å²) >= 11 is 6.04. The molecule has 0 unspecified atom stereocenters. The van der Waals surface area contributed by atoms with Gasteiger partial charge in [0.25, 0.3) is 5.89 Å². The van der Waals surface area contributed by atoms with Gasteiger partial charge in [-0.1, -0.05) is 35.9 Å². The summed E-state index contributed by atoms with van der Waals surface area (Å²) in [5.74, 6) is 0.308. The lowest BCUT2D eigenvalue weighted by atomic mass is 10.2. The van der Waals surface area contributed by atoms with Crippen LogP contribution < -0.4 is 5.32 Å². The Kier molecular flexibility index (Phi) is 4.63. The Bertz CT molecular complexity index is 805. The molecule has 1 aromatic carbocycles. The third-order valence-corrected chi connectivity index (χ3v) is 3.47. The number of halogens is 1. The highest BCUT2D eigenvalue weighted by molar-refractivity contribution is 6.31.